The van der Waals surface area contributed by atoms with Crippen LogP contribution in [0.2, 0.25) is 0 Å². The number of carbonyl (C=O) groups excluding carboxylic acids is 1. The fraction of sp³-hybridized carbons (Fsp3) is 0.0741. The zero-order valence-electron chi connectivity index (χ0n) is 18.7. The van der Waals surface area contributed by atoms with E-state index in [1.807, 2.05) is 60.7 Å². The summed E-state index contributed by atoms with van der Waals surface area (Å²) in [5.41, 5.74) is 3.73. The Kier molecular flexibility index (Phi) is 6.00. The zero-order chi connectivity index (χ0) is 24.2. The number of nitrogens with zero attached hydrogens (tertiary/aromatic N) is 2. The van der Waals surface area contributed by atoms with Crippen LogP contribution in [0.1, 0.15) is 0 Å². The van der Waals surface area contributed by atoms with Gasteiger partial charge in [-0.25, -0.2) is 9.97 Å². The van der Waals surface area contributed by atoms with Crippen LogP contribution in [0.5, 0.6) is 11.5 Å². The van der Waals surface area contributed by atoms with E-state index in [1.165, 1.54) is 6.33 Å². The number of carbonyl (C=O) groups is 1. The van der Waals surface area contributed by atoms with Gasteiger partial charge in [0.25, 0.3) is 0 Å². The quantitative estimate of drug-likeness (QED) is 0.358. The Balaban J connectivity index is 1.64. The van der Waals surface area contributed by atoms with Gasteiger partial charge in [0.2, 0.25) is 5.71 Å². The molecule has 0 aliphatic heterocycles. The van der Waals surface area contributed by atoms with Gasteiger partial charge in [0, 0.05) is 22.9 Å². The fourth-order valence-electron chi connectivity index (χ4n) is 3.80. The summed E-state index contributed by atoms with van der Waals surface area (Å²) in [5, 5.41) is 14.7. The number of ether oxygens (including phenoxy) is 2. The highest BCUT2D eigenvalue weighted by atomic mass is 16.5. The molecule has 3 aromatic carbocycles. The lowest BCUT2D eigenvalue weighted by atomic mass is 9.99. The topological polar surface area (TPSA) is 110 Å². The summed E-state index contributed by atoms with van der Waals surface area (Å²) in [7, 11) is 1.62. The second kappa shape index (κ2) is 9.56. The molecule has 0 spiro atoms. The van der Waals surface area contributed by atoms with E-state index in [9.17, 15) is 9.90 Å². The van der Waals surface area contributed by atoms with E-state index in [0.717, 1.165) is 22.4 Å². The van der Waals surface area contributed by atoms with Crippen LogP contribution in [-0.4, -0.2) is 29.7 Å². The van der Waals surface area contributed by atoms with Crippen LogP contribution >= 0.6 is 0 Å². The summed E-state index contributed by atoms with van der Waals surface area (Å²) in [6.07, 6.45) is 1.43. The normalized spacial score (nSPS) is 10.8. The van der Waals surface area contributed by atoms with Gasteiger partial charge in [-0.1, -0.05) is 48.5 Å². The molecule has 0 aliphatic carbocycles. The number of carboxylic acids is 1. The van der Waals surface area contributed by atoms with Crippen LogP contribution in [0, 0.1) is 0 Å². The van der Waals surface area contributed by atoms with Crippen molar-refractivity contribution >= 4 is 28.6 Å². The van der Waals surface area contributed by atoms with E-state index in [2.05, 4.69) is 15.3 Å². The summed E-state index contributed by atoms with van der Waals surface area (Å²) >= 11 is 0. The predicted octanol–water partition coefficient (Wildman–Crippen LogP) is 4.44. The van der Waals surface area contributed by atoms with Crippen LogP contribution in [0.15, 0.2) is 89.6 Å². The minimum atomic E-state index is -1.29. The third-order valence-electron chi connectivity index (χ3n) is 5.36. The highest BCUT2D eigenvalue weighted by molar-refractivity contribution is 6.06. The maximum Gasteiger partial charge on any atom is 0.232 e. The molecule has 0 unspecified atom stereocenters. The van der Waals surface area contributed by atoms with Gasteiger partial charge in [0.15, 0.2) is 0 Å². The molecule has 35 heavy (non-hydrogen) atoms. The number of nitrogens with one attached hydrogen (secondary N) is 1. The molecule has 0 atom stereocenters. The second-order valence-electron chi connectivity index (χ2n) is 7.62. The lowest BCUT2D eigenvalue weighted by Gasteiger charge is -2.11. The van der Waals surface area contributed by atoms with Gasteiger partial charge in [-0.15, -0.1) is 0 Å². The third-order valence-corrected chi connectivity index (χ3v) is 5.36. The number of hydrogen-bond acceptors (Lipinski definition) is 8. The lowest BCUT2D eigenvalue weighted by molar-refractivity contribution is -0.307. The van der Waals surface area contributed by atoms with Crippen LogP contribution < -0.4 is 19.9 Å². The second-order valence-corrected chi connectivity index (χ2v) is 7.62. The molecule has 0 radical (unpaired) electrons. The number of fused-ring (bicyclic) bond motifs is 1. The molecule has 5 rings (SSSR count). The molecule has 1 N–H and O–H groups in total. The predicted molar refractivity (Wildman–Crippen MR) is 129 cm³/mol. The first kappa shape index (κ1) is 22.0. The van der Waals surface area contributed by atoms with E-state index in [0.29, 0.717) is 34.1 Å². The van der Waals surface area contributed by atoms with E-state index in [-0.39, 0.29) is 0 Å². The van der Waals surface area contributed by atoms with Crippen molar-refractivity contribution < 1.29 is 23.8 Å². The number of anilines is 2. The van der Waals surface area contributed by atoms with Crippen molar-refractivity contribution in [3.05, 3.63) is 85.2 Å². The molecular formula is C27H20N3O5-. The Hall–Kier alpha value is -4.85. The van der Waals surface area contributed by atoms with E-state index in [1.54, 1.807) is 25.3 Å². The minimum absolute atomic E-state index is 0.386. The average Bonchev–Trinajstić information content (AvgIpc) is 3.29. The third kappa shape index (κ3) is 4.63. The summed E-state index contributed by atoms with van der Waals surface area (Å²) in [4.78, 5) is 19.6. The largest absolute Gasteiger partial charge is 0.546 e. The maximum absolute atomic E-state index is 10.7. The average molecular weight is 466 g/mol. The molecule has 2 aromatic heterocycles. The van der Waals surface area contributed by atoms with Crippen molar-refractivity contribution in [3.8, 4) is 33.9 Å². The van der Waals surface area contributed by atoms with Crippen LogP contribution in [0.3, 0.4) is 0 Å². The highest BCUT2D eigenvalue weighted by Gasteiger charge is 2.22. The van der Waals surface area contributed by atoms with E-state index < -0.39 is 12.6 Å². The fourth-order valence-corrected chi connectivity index (χ4v) is 3.80. The molecule has 8 nitrogen and oxygen atoms in total. The molecule has 0 amide bonds. The van der Waals surface area contributed by atoms with Gasteiger partial charge < -0.3 is 29.1 Å². The Morgan fingerprint density at radius 2 is 1.74 bits per heavy atom. The minimum Gasteiger partial charge on any atom is -0.546 e. The number of rotatable bonds is 8. The number of methoxy groups -OCH3 is 1. The van der Waals surface area contributed by atoms with Crippen molar-refractivity contribution in [2.75, 3.05) is 19.0 Å². The van der Waals surface area contributed by atoms with Crippen molar-refractivity contribution in [1.29, 1.82) is 0 Å². The standard InChI is InChI=1S/C27H21N3O5/c1-33-20-12-10-17(11-13-20)23-24-26(30-19-8-5-9-21(14-19)34-15-22(31)32)28-16-29-27(24)35-25(23)18-6-3-2-4-7-18/h2-14,16H,15H2,1H3,(H,31,32)(H,28,29,30)/p-1. The number of aromatic nitrogens is 2. The molecule has 0 saturated heterocycles. The van der Waals surface area contributed by atoms with Gasteiger partial charge in [0.05, 0.1) is 18.5 Å². The van der Waals surface area contributed by atoms with Crippen LogP contribution in [0.25, 0.3) is 33.6 Å². The van der Waals surface area contributed by atoms with Gasteiger partial charge in [-0.2, -0.15) is 0 Å². The summed E-state index contributed by atoms with van der Waals surface area (Å²) in [6, 6.07) is 24.4. The molecule has 2 heterocycles. The van der Waals surface area contributed by atoms with Crippen molar-refractivity contribution in [2.45, 2.75) is 0 Å². The highest BCUT2D eigenvalue weighted by Crippen LogP contribution is 2.43. The van der Waals surface area contributed by atoms with Gasteiger partial charge in [0.1, 0.15) is 36.0 Å². The van der Waals surface area contributed by atoms with Crippen molar-refractivity contribution in [2.24, 2.45) is 0 Å². The molecule has 174 valence electrons. The van der Waals surface area contributed by atoms with E-state index >= 15 is 0 Å². The number of furan rings is 1. The van der Waals surface area contributed by atoms with Crippen LogP contribution in [-0.2, 0) is 4.79 Å². The molecule has 0 aliphatic rings. The first-order chi connectivity index (χ1) is 17.1. The van der Waals surface area contributed by atoms with Crippen molar-refractivity contribution in [1.82, 2.24) is 9.97 Å². The number of hydrogen-bond donors (Lipinski definition) is 1. The SMILES string of the molecule is COc1ccc(-c2c(-c3ccccc3)oc3ncnc(Nc4cccc(OCC(=O)[O-])c4)c23)cc1. The number of aliphatic carboxylic acids is 1. The van der Waals surface area contributed by atoms with E-state index in [4.69, 9.17) is 13.9 Å². The Morgan fingerprint density at radius 1 is 0.943 bits per heavy atom. The van der Waals surface area contributed by atoms with Gasteiger partial charge in [-0.05, 0) is 29.8 Å². The first-order valence-corrected chi connectivity index (χ1v) is 10.8. The molecule has 0 fully saturated rings. The maximum atomic E-state index is 10.7. The molecule has 0 saturated carbocycles. The summed E-state index contributed by atoms with van der Waals surface area (Å²) < 4.78 is 16.8. The lowest BCUT2D eigenvalue weighted by Crippen LogP contribution is -2.28. The molecule has 5 aromatic rings. The summed E-state index contributed by atoms with van der Waals surface area (Å²) in [5.74, 6) is 1.03. The van der Waals surface area contributed by atoms with Gasteiger partial charge in [-0.3, -0.25) is 0 Å². The molecular weight excluding hydrogens is 446 g/mol. The Labute approximate surface area is 200 Å². The zero-order valence-corrected chi connectivity index (χ0v) is 18.7. The molecule has 0 bridgehead atoms. The Morgan fingerprint density at radius 3 is 2.49 bits per heavy atom. The smallest absolute Gasteiger partial charge is 0.232 e. The number of carboxylic acid groups (broad SMARTS) is 1. The van der Waals surface area contributed by atoms with Gasteiger partial charge >= 0.3 is 0 Å². The van der Waals surface area contributed by atoms with Crippen molar-refractivity contribution in [3.63, 3.8) is 0 Å². The van der Waals surface area contributed by atoms with Crippen LogP contribution in [0.4, 0.5) is 11.5 Å². The number of benzene rings is 3. The Bertz CT molecular complexity index is 1480. The molecule has 8 heteroatoms. The summed E-state index contributed by atoms with van der Waals surface area (Å²) in [6.45, 7) is -0.537. The first-order valence-electron chi connectivity index (χ1n) is 10.8. The monoisotopic (exact) mass is 466 g/mol.